The summed E-state index contributed by atoms with van der Waals surface area (Å²) in [5.41, 5.74) is 0. The second-order valence-corrected chi connectivity index (χ2v) is 5.96. The number of amides is 1. The zero-order chi connectivity index (χ0) is 15.1. The van der Waals surface area contributed by atoms with E-state index < -0.39 is 0 Å². The Hall–Kier alpha value is -0.650. The fourth-order valence-electron chi connectivity index (χ4n) is 2.70. The van der Waals surface area contributed by atoms with E-state index in [2.05, 4.69) is 26.1 Å². The van der Waals surface area contributed by atoms with Crippen molar-refractivity contribution >= 4 is 5.91 Å². The predicted molar refractivity (Wildman–Crippen MR) is 79.5 cm³/mol. The van der Waals surface area contributed by atoms with Crippen LogP contribution in [0, 0.1) is 5.92 Å². The van der Waals surface area contributed by atoms with Crippen LogP contribution in [-0.2, 0) is 14.3 Å². The maximum Gasteiger partial charge on any atom is 0.241 e. The molecule has 0 saturated carbocycles. The van der Waals surface area contributed by atoms with E-state index >= 15 is 0 Å². The third kappa shape index (κ3) is 4.72. The highest BCUT2D eigenvalue weighted by Gasteiger charge is 2.39. The Bertz CT molecular complexity index is 297. The third-order valence-electron chi connectivity index (χ3n) is 3.71. The predicted octanol–water partition coefficient (Wildman–Crippen LogP) is 1.62. The summed E-state index contributed by atoms with van der Waals surface area (Å²) in [6, 6.07) is -0.0381. The van der Waals surface area contributed by atoms with Crippen LogP contribution in [-0.4, -0.2) is 56.5 Å². The lowest BCUT2D eigenvalue weighted by atomic mass is 10.1. The summed E-state index contributed by atoms with van der Waals surface area (Å²) >= 11 is 0. The summed E-state index contributed by atoms with van der Waals surface area (Å²) in [6.07, 6.45) is 2.92. The molecule has 1 N–H and O–H groups in total. The maximum absolute atomic E-state index is 12.5. The summed E-state index contributed by atoms with van der Waals surface area (Å²) in [4.78, 5) is 14.4. The minimum Gasteiger partial charge on any atom is -0.382 e. The quantitative estimate of drug-likeness (QED) is 0.700. The van der Waals surface area contributed by atoms with Crippen LogP contribution < -0.4 is 5.32 Å². The first-order valence-electron chi connectivity index (χ1n) is 7.61. The van der Waals surface area contributed by atoms with Gasteiger partial charge in [-0.1, -0.05) is 27.2 Å². The van der Waals surface area contributed by atoms with Gasteiger partial charge in [0.15, 0.2) is 0 Å². The van der Waals surface area contributed by atoms with Crippen molar-refractivity contribution in [1.82, 2.24) is 10.2 Å². The molecular weight excluding hydrogens is 256 g/mol. The summed E-state index contributed by atoms with van der Waals surface area (Å²) in [7, 11) is 3.32. The van der Waals surface area contributed by atoms with E-state index in [-0.39, 0.29) is 24.2 Å². The van der Waals surface area contributed by atoms with E-state index in [0.717, 1.165) is 19.3 Å². The minimum atomic E-state index is -0.0687. The van der Waals surface area contributed by atoms with Gasteiger partial charge in [0.25, 0.3) is 0 Å². The highest BCUT2D eigenvalue weighted by atomic mass is 16.5. The Morgan fingerprint density at radius 3 is 2.55 bits per heavy atom. The molecule has 0 aromatic heterocycles. The molecule has 0 spiro atoms. The van der Waals surface area contributed by atoms with Gasteiger partial charge in [-0.3, -0.25) is 10.1 Å². The lowest BCUT2D eigenvalue weighted by molar-refractivity contribution is -0.132. The molecule has 1 aliphatic rings. The fraction of sp³-hybridized carbons (Fsp3) is 0.933. The topological polar surface area (TPSA) is 50.8 Å². The van der Waals surface area contributed by atoms with Crippen molar-refractivity contribution in [1.29, 1.82) is 0 Å². The molecule has 0 bridgehead atoms. The van der Waals surface area contributed by atoms with Crippen molar-refractivity contribution in [2.75, 3.05) is 27.4 Å². The molecule has 20 heavy (non-hydrogen) atoms. The van der Waals surface area contributed by atoms with Gasteiger partial charge in [0.05, 0.1) is 31.5 Å². The Labute approximate surface area is 123 Å². The lowest BCUT2D eigenvalue weighted by Gasteiger charge is -2.28. The van der Waals surface area contributed by atoms with E-state index in [9.17, 15) is 4.79 Å². The zero-order valence-electron chi connectivity index (χ0n) is 13.5. The number of rotatable bonds is 9. The summed E-state index contributed by atoms with van der Waals surface area (Å²) < 4.78 is 10.6. The largest absolute Gasteiger partial charge is 0.382 e. The van der Waals surface area contributed by atoms with Crippen LogP contribution in [0.25, 0.3) is 0 Å². The van der Waals surface area contributed by atoms with Crippen LogP contribution in [0.15, 0.2) is 0 Å². The molecule has 0 radical (unpaired) electrons. The van der Waals surface area contributed by atoms with Gasteiger partial charge in [-0.15, -0.1) is 0 Å². The molecule has 1 saturated heterocycles. The Kier molecular flexibility index (Phi) is 7.48. The van der Waals surface area contributed by atoms with E-state index in [1.807, 2.05) is 4.90 Å². The van der Waals surface area contributed by atoms with E-state index in [1.54, 1.807) is 14.2 Å². The Balaban J connectivity index is 2.72. The van der Waals surface area contributed by atoms with E-state index in [1.165, 1.54) is 0 Å². The SMILES string of the molecule is CCCC1NC(CC(C)C)N(CC(COC)OC)C1=O. The van der Waals surface area contributed by atoms with Gasteiger partial charge in [0, 0.05) is 14.2 Å². The van der Waals surface area contributed by atoms with Crippen molar-refractivity contribution in [3.8, 4) is 0 Å². The lowest BCUT2D eigenvalue weighted by Crippen LogP contribution is -2.44. The van der Waals surface area contributed by atoms with Crippen LogP contribution in [0.3, 0.4) is 0 Å². The number of ether oxygens (including phenoxy) is 2. The average molecular weight is 286 g/mol. The van der Waals surface area contributed by atoms with E-state index in [0.29, 0.717) is 19.1 Å². The molecule has 1 rings (SSSR count). The number of carbonyl (C=O) groups is 1. The number of hydrogen-bond acceptors (Lipinski definition) is 4. The summed E-state index contributed by atoms with van der Waals surface area (Å²) in [5.74, 6) is 0.752. The average Bonchev–Trinajstić information content (AvgIpc) is 2.66. The van der Waals surface area contributed by atoms with Gasteiger partial charge in [0.2, 0.25) is 5.91 Å². The van der Waals surface area contributed by atoms with Crippen molar-refractivity contribution in [3.05, 3.63) is 0 Å². The molecule has 1 aliphatic heterocycles. The third-order valence-corrected chi connectivity index (χ3v) is 3.71. The Morgan fingerprint density at radius 1 is 1.35 bits per heavy atom. The molecule has 5 nitrogen and oxygen atoms in total. The first kappa shape index (κ1) is 17.4. The van der Waals surface area contributed by atoms with Crippen LogP contribution in [0.4, 0.5) is 0 Å². The normalized spacial score (nSPS) is 24.7. The first-order chi connectivity index (χ1) is 9.53. The van der Waals surface area contributed by atoms with Crippen molar-refractivity contribution in [3.63, 3.8) is 0 Å². The van der Waals surface area contributed by atoms with Gasteiger partial charge in [-0.05, 0) is 18.8 Å². The fourth-order valence-corrected chi connectivity index (χ4v) is 2.70. The molecule has 1 heterocycles. The van der Waals surface area contributed by atoms with Gasteiger partial charge in [-0.25, -0.2) is 0 Å². The summed E-state index contributed by atoms with van der Waals surface area (Å²) in [5, 5.41) is 3.47. The van der Waals surface area contributed by atoms with Crippen molar-refractivity contribution in [2.24, 2.45) is 5.92 Å². The van der Waals surface area contributed by atoms with Gasteiger partial charge < -0.3 is 14.4 Å². The molecule has 1 amide bonds. The molecule has 3 atom stereocenters. The standard InChI is InChI=1S/C15H30N2O3/c1-6-7-13-15(18)17(9-12(20-5)10-19-4)14(16-13)8-11(2)3/h11-14,16H,6-10H2,1-5H3. The molecular formula is C15H30N2O3. The number of hydrogen-bond donors (Lipinski definition) is 1. The monoisotopic (exact) mass is 286 g/mol. The van der Waals surface area contributed by atoms with Gasteiger partial charge in [-0.2, -0.15) is 0 Å². The molecule has 118 valence electrons. The van der Waals surface area contributed by atoms with Gasteiger partial charge in [0.1, 0.15) is 0 Å². The second-order valence-electron chi connectivity index (χ2n) is 5.96. The highest BCUT2D eigenvalue weighted by molar-refractivity contribution is 5.84. The van der Waals surface area contributed by atoms with E-state index in [4.69, 9.17) is 9.47 Å². The van der Waals surface area contributed by atoms with Crippen LogP contribution >= 0.6 is 0 Å². The second kappa shape index (κ2) is 8.60. The van der Waals surface area contributed by atoms with Crippen LogP contribution in [0.2, 0.25) is 0 Å². The van der Waals surface area contributed by atoms with Crippen molar-refractivity contribution < 1.29 is 14.3 Å². The Morgan fingerprint density at radius 2 is 2.05 bits per heavy atom. The number of nitrogens with zero attached hydrogens (tertiary/aromatic N) is 1. The smallest absolute Gasteiger partial charge is 0.241 e. The maximum atomic E-state index is 12.5. The van der Waals surface area contributed by atoms with Crippen LogP contribution in [0.5, 0.6) is 0 Å². The summed E-state index contributed by atoms with van der Waals surface area (Å²) in [6.45, 7) is 7.57. The molecule has 0 aromatic carbocycles. The molecule has 5 heteroatoms. The highest BCUT2D eigenvalue weighted by Crippen LogP contribution is 2.20. The molecule has 1 fully saturated rings. The van der Waals surface area contributed by atoms with Crippen LogP contribution in [0.1, 0.15) is 40.0 Å². The van der Waals surface area contributed by atoms with Crippen molar-refractivity contribution in [2.45, 2.75) is 58.3 Å². The molecule has 3 unspecified atom stereocenters. The number of nitrogens with one attached hydrogen (secondary N) is 1. The molecule has 0 aliphatic carbocycles. The number of carbonyl (C=O) groups excluding carboxylic acids is 1. The van der Waals surface area contributed by atoms with Gasteiger partial charge >= 0.3 is 0 Å². The first-order valence-corrected chi connectivity index (χ1v) is 7.61. The molecule has 0 aromatic rings. The zero-order valence-corrected chi connectivity index (χ0v) is 13.5. The number of methoxy groups -OCH3 is 2. The minimum absolute atomic E-state index is 0.0381.